The lowest BCUT2D eigenvalue weighted by molar-refractivity contribution is -0.117. The first kappa shape index (κ1) is 16.2. The highest BCUT2D eigenvalue weighted by atomic mass is 127. The van der Waals surface area contributed by atoms with E-state index in [1.54, 1.807) is 24.3 Å². The summed E-state index contributed by atoms with van der Waals surface area (Å²) < 4.78 is 1.01. The molecule has 0 atom stereocenters. The first-order valence-electron chi connectivity index (χ1n) is 6.92. The Bertz CT molecular complexity index is 874. The van der Waals surface area contributed by atoms with Crippen LogP contribution in [0.3, 0.4) is 0 Å². The van der Waals surface area contributed by atoms with Gasteiger partial charge in [0.05, 0.1) is 11.3 Å². The van der Waals surface area contributed by atoms with Crippen molar-refractivity contribution in [3.8, 4) is 0 Å². The van der Waals surface area contributed by atoms with Crippen LogP contribution < -0.4 is 10.4 Å². The lowest BCUT2D eigenvalue weighted by atomic mass is 10.1. The van der Waals surface area contributed by atoms with Crippen molar-refractivity contribution in [3.05, 3.63) is 68.8 Å². The molecule has 2 amide bonds. The van der Waals surface area contributed by atoms with Gasteiger partial charge in [-0.15, -0.1) is 0 Å². The number of hydrogen-bond donors (Lipinski definition) is 2. The summed E-state index contributed by atoms with van der Waals surface area (Å²) in [6.45, 7) is 0. The number of nitrogens with one attached hydrogen (secondary N) is 1. The fourth-order valence-corrected chi connectivity index (χ4v) is 2.62. The number of hydrogen-bond acceptors (Lipinski definition) is 3. The number of amides is 2. The average Bonchev–Trinajstić information content (AvgIpc) is 2.84. The van der Waals surface area contributed by atoms with Gasteiger partial charge in [-0.3, -0.25) is 15.0 Å². The molecule has 0 saturated carbocycles. The van der Waals surface area contributed by atoms with Crippen LogP contribution in [0.15, 0.2) is 54.1 Å². The van der Waals surface area contributed by atoms with Gasteiger partial charge in [-0.1, -0.05) is 12.1 Å². The molecular formula is C17H11IN2O4. The number of carbonyl (C=O) groups is 3. The number of aromatic carboxylic acids is 1. The van der Waals surface area contributed by atoms with Crippen molar-refractivity contribution < 1.29 is 19.5 Å². The number of carboxylic acids is 1. The summed E-state index contributed by atoms with van der Waals surface area (Å²) in [7, 11) is 0. The topological polar surface area (TPSA) is 86.7 Å². The summed E-state index contributed by atoms with van der Waals surface area (Å²) >= 11 is 2.15. The zero-order chi connectivity index (χ0) is 17.3. The maximum Gasteiger partial charge on any atom is 0.335 e. The Hall–Kier alpha value is -2.68. The Balaban J connectivity index is 1.93. The summed E-state index contributed by atoms with van der Waals surface area (Å²) in [5.74, 6) is -2.08. The van der Waals surface area contributed by atoms with Crippen molar-refractivity contribution in [3.63, 3.8) is 0 Å². The number of carbonyl (C=O) groups excluding carboxylic acids is 2. The van der Waals surface area contributed by atoms with Gasteiger partial charge >= 0.3 is 5.97 Å². The third-order valence-corrected chi connectivity index (χ3v) is 4.14. The molecule has 6 nitrogen and oxygen atoms in total. The molecule has 0 radical (unpaired) electrons. The Morgan fingerprint density at radius 1 is 1.12 bits per heavy atom. The second-order valence-corrected chi connectivity index (χ2v) is 6.29. The van der Waals surface area contributed by atoms with Crippen LogP contribution >= 0.6 is 22.6 Å². The predicted molar refractivity (Wildman–Crippen MR) is 96.2 cm³/mol. The van der Waals surface area contributed by atoms with Crippen LogP contribution in [0.5, 0.6) is 0 Å². The number of benzene rings is 2. The van der Waals surface area contributed by atoms with Crippen molar-refractivity contribution in [2.45, 2.75) is 0 Å². The molecule has 2 aromatic rings. The number of anilines is 1. The number of carboxylic acid groups (broad SMARTS) is 1. The van der Waals surface area contributed by atoms with E-state index in [2.05, 4.69) is 28.0 Å². The molecule has 0 spiro atoms. The fourth-order valence-electron chi connectivity index (χ4n) is 2.26. The van der Waals surface area contributed by atoms with Crippen molar-refractivity contribution in [2.75, 3.05) is 5.01 Å². The maximum atomic E-state index is 12.5. The molecule has 3 rings (SSSR count). The zero-order valence-corrected chi connectivity index (χ0v) is 14.4. The smallest absolute Gasteiger partial charge is 0.335 e. The van der Waals surface area contributed by atoms with Gasteiger partial charge < -0.3 is 5.11 Å². The highest BCUT2D eigenvalue weighted by Gasteiger charge is 2.34. The summed E-state index contributed by atoms with van der Waals surface area (Å²) in [5.41, 5.74) is 3.57. The molecule has 0 aliphatic carbocycles. The van der Waals surface area contributed by atoms with Crippen LogP contribution in [-0.4, -0.2) is 22.9 Å². The van der Waals surface area contributed by atoms with E-state index in [4.69, 9.17) is 5.11 Å². The summed E-state index contributed by atoms with van der Waals surface area (Å²) in [4.78, 5) is 35.6. The summed E-state index contributed by atoms with van der Waals surface area (Å²) in [6, 6.07) is 13.2. The maximum absolute atomic E-state index is 12.5. The third-order valence-electron chi connectivity index (χ3n) is 3.42. The van der Waals surface area contributed by atoms with E-state index in [0.717, 1.165) is 3.57 Å². The van der Waals surface area contributed by atoms with Gasteiger partial charge in [0, 0.05) is 3.57 Å². The highest BCUT2D eigenvalue weighted by molar-refractivity contribution is 14.1. The van der Waals surface area contributed by atoms with Gasteiger partial charge in [0.15, 0.2) is 0 Å². The molecule has 0 bridgehead atoms. The second kappa shape index (κ2) is 6.44. The minimum absolute atomic E-state index is 0.0453. The predicted octanol–water partition coefficient (Wildman–Crippen LogP) is 2.45. The average molecular weight is 434 g/mol. The summed E-state index contributed by atoms with van der Waals surface area (Å²) in [6.07, 6.45) is 1.39. The number of halogens is 1. The van der Waals surface area contributed by atoms with E-state index in [9.17, 15) is 14.4 Å². The molecule has 1 heterocycles. The van der Waals surface area contributed by atoms with Crippen molar-refractivity contribution in [1.29, 1.82) is 0 Å². The van der Waals surface area contributed by atoms with Gasteiger partial charge in [-0.2, -0.15) is 0 Å². The monoisotopic (exact) mass is 434 g/mol. The van der Waals surface area contributed by atoms with Gasteiger partial charge in [0.2, 0.25) is 0 Å². The molecule has 1 fully saturated rings. The van der Waals surface area contributed by atoms with Gasteiger partial charge in [0.1, 0.15) is 5.57 Å². The van der Waals surface area contributed by atoms with Crippen LogP contribution in [-0.2, 0) is 9.59 Å². The van der Waals surface area contributed by atoms with E-state index in [1.165, 1.54) is 23.2 Å². The Kier molecular flexibility index (Phi) is 4.34. The molecular weight excluding hydrogens is 423 g/mol. The molecule has 0 unspecified atom stereocenters. The molecule has 24 heavy (non-hydrogen) atoms. The Labute approximate surface area is 150 Å². The minimum Gasteiger partial charge on any atom is -0.478 e. The minimum atomic E-state index is -1.07. The van der Waals surface area contributed by atoms with E-state index < -0.39 is 17.8 Å². The first-order chi connectivity index (χ1) is 11.5. The molecule has 2 N–H and O–H groups in total. The van der Waals surface area contributed by atoms with Gasteiger partial charge in [-0.25, -0.2) is 9.80 Å². The number of rotatable bonds is 3. The Morgan fingerprint density at radius 3 is 2.50 bits per heavy atom. The second-order valence-electron chi connectivity index (χ2n) is 5.05. The van der Waals surface area contributed by atoms with Crippen molar-refractivity contribution >= 4 is 52.1 Å². The standard InChI is InChI=1S/C17H11IN2O4/c18-12-4-6-13(7-5-12)20-16(22)14(15(21)19-20)9-10-2-1-3-11(8-10)17(23)24/h1-9H,(H,19,21)(H,23,24)/b14-9+. The quantitative estimate of drug-likeness (QED) is 0.442. The lowest BCUT2D eigenvalue weighted by Gasteiger charge is -2.14. The van der Waals surface area contributed by atoms with Crippen molar-refractivity contribution in [2.24, 2.45) is 0 Å². The lowest BCUT2D eigenvalue weighted by Crippen LogP contribution is -2.35. The van der Waals surface area contributed by atoms with Crippen LogP contribution in [0.25, 0.3) is 6.08 Å². The molecule has 1 saturated heterocycles. The number of hydrazine groups is 1. The fraction of sp³-hybridized carbons (Fsp3) is 0. The van der Waals surface area contributed by atoms with Crippen LogP contribution in [0, 0.1) is 3.57 Å². The summed E-state index contributed by atoms with van der Waals surface area (Å²) in [5, 5.41) is 10.2. The SMILES string of the molecule is O=C1NN(c2ccc(I)cc2)C(=O)/C1=C/c1cccc(C(=O)O)c1. The third kappa shape index (κ3) is 3.16. The van der Waals surface area contributed by atoms with Gasteiger partial charge in [-0.05, 0) is 70.6 Å². The number of nitrogens with zero attached hydrogens (tertiary/aromatic N) is 1. The molecule has 0 aromatic heterocycles. The van der Waals surface area contributed by atoms with E-state index >= 15 is 0 Å². The normalized spacial score (nSPS) is 15.7. The largest absolute Gasteiger partial charge is 0.478 e. The van der Waals surface area contributed by atoms with E-state index in [-0.39, 0.29) is 11.1 Å². The Morgan fingerprint density at radius 2 is 1.83 bits per heavy atom. The van der Waals surface area contributed by atoms with E-state index in [0.29, 0.717) is 11.3 Å². The molecule has 2 aromatic carbocycles. The highest BCUT2D eigenvalue weighted by Crippen LogP contribution is 2.22. The van der Waals surface area contributed by atoms with E-state index in [1.807, 2.05) is 12.1 Å². The van der Waals surface area contributed by atoms with Crippen molar-refractivity contribution in [1.82, 2.24) is 5.43 Å². The van der Waals surface area contributed by atoms with Crippen LogP contribution in [0.4, 0.5) is 5.69 Å². The molecule has 7 heteroatoms. The molecule has 1 aliphatic rings. The van der Waals surface area contributed by atoms with Gasteiger partial charge in [0.25, 0.3) is 11.8 Å². The first-order valence-corrected chi connectivity index (χ1v) is 7.99. The van der Waals surface area contributed by atoms with Crippen LogP contribution in [0.1, 0.15) is 15.9 Å². The van der Waals surface area contributed by atoms with Crippen LogP contribution in [0.2, 0.25) is 0 Å². The molecule has 120 valence electrons. The zero-order valence-electron chi connectivity index (χ0n) is 12.2. The molecule has 1 aliphatic heterocycles.